The van der Waals surface area contributed by atoms with Crippen molar-refractivity contribution in [3.05, 3.63) is 0 Å². The lowest BCUT2D eigenvalue weighted by atomic mass is 10.0. The van der Waals surface area contributed by atoms with Crippen LogP contribution in [0.4, 0.5) is 0 Å². The molecule has 594 valence electrons. The number of esters is 4. The summed E-state index contributed by atoms with van der Waals surface area (Å²) in [6.45, 7) is 11.9. The van der Waals surface area contributed by atoms with Crippen molar-refractivity contribution < 1.29 is 80.2 Å². The van der Waals surface area contributed by atoms with Crippen LogP contribution in [-0.4, -0.2) is 96.7 Å². The number of phosphoric acid groups is 2. The number of aliphatic hydroxyl groups excluding tert-OH is 1. The minimum Gasteiger partial charge on any atom is -0.462 e. The van der Waals surface area contributed by atoms with Gasteiger partial charge in [0.2, 0.25) is 0 Å². The lowest BCUT2D eigenvalue weighted by Gasteiger charge is -2.21. The van der Waals surface area contributed by atoms with Gasteiger partial charge in [-0.2, -0.15) is 0 Å². The van der Waals surface area contributed by atoms with Gasteiger partial charge in [0.25, 0.3) is 0 Å². The van der Waals surface area contributed by atoms with Gasteiger partial charge in [-0.15, -0.1) is 0 Å². The van der Waals surface area contributed by atoms with Gasteiger partial charge in [0.15, 0.2) is 12.2 Å². The van der Waals surface area contributed by atoms with Crippen LogP contribution in [-0.2, 0) is 65.4 Å². The highest BCUT2D eigenvalue weighted by Gasteiger charge is 2.30. The molecule has 0 saturated carbocycles. The molecule has 0 aromatic carbocycles. The maximum atomic E-state index is 13.1. The van der Waals surface area contributed by atoms with Crippen molar-refractivity contribution >= 4 is 39.5 Å². The van der Waals surface area contributed by atoms with E-state index in [0.29, 0.717) is 31.6 Å². The van der Waals surface area contributed by atoms with Crippen molar-refractivity contribution in [3.8, 4) is 0 Å². The average Bonchev–Trinajstić information content (AvgIpc) is 0.949. The monoisotopic (exact) mass is 1470 g/mol. The second kappa shape index (κ2) is 71.3. The lowest BCUT2D eigenvalue weighted by molar-refractivity contribution is -0.161. The molecule has 100 heavy (non-hydrogen) atoms. The summed E-state index contributed by atoms with van der Waals surface area (Å²) in [6.07, 6.45) is 60.0. The van der Waals surface area contributed by atoms with E-state index in [0.717, 1.165) is 108 Å². The van der Waals surface area contributed by atoms with Gasteiger partial charge in [-0.3, -0.25) is 37.3 Å². The molecule has 0 aliphatic rings. The van der Waals surface area contributed by atoms with Crippen LogP contribution in [0.5, 0.6) is 0 Å². The van der Waals surface area contributed by atoms with E-state index in [4.69, 9.17) is 37.0 Å². The highest BCUT2D eigenvalue weighted by molar-refractivity contribution is 7.47. The van der Waals surface area contributed by atoms with Gasteiger partial charge in [0.05, 0.1) is 26.4 Å². The molecule has 0 rings (SSSR count). The van der Waals surface area contributed by atoms with Crippen LogP contribution in [0, 0.1) is 17.8 Å². The van der Waals surface area contributed by atoms with Crippen LogP contribution in [0.3, 0.4) is 0 Å². The number of ether oxygens (including phenoxy) is 4. The third-order valence-corrected chi connectivity index (χ3v) is 20.8. The second-order valence-corrected chi connectivity index (χ2v) is 33.5. The molecule has 5 atom stereocenters. The fraction of sp³-hybridized carbons (Fsp3) is 0.951. The summed E-state index contributed by atoms with van der Waals surface area (Å²) < 4.78 is 68.6. The normalized spacial score (nSPS) is 14.0. The lowest BCUT2D eigenvalue weighted by Crippen LogP contribution is -2.30. The summed E-state index contributed by atoms with van der Waals surface area (Å²) in [5, 5.41) is 10.6. The predicted octanol–water partition coefficient (Wildman–Crippen LogP) is 24.1. The van der Waals surface area contributed by atoms with Gasteiger partial charge in [-0.1, -0.05) is 370 Å². The Labute approximate surface area is 613 Å². The number of unbranched alkanes of at least 4 members (excludes halogenated alkanes) is 47. The second-order valence-electron chi connectivity index (χ2n) is 30.6. The average molecular weight is 1470 g/mol. The quantitative estimate of drug-likeness (QED) is 0.0222. The van der Waals surface area contributed by atoms with Gasteiger partial charge in [-0.05, 0) is 43.4 Å². The van der Waals surface area contributed by atoms with Crippen molar-refractivity contribution in [2.75, 3.05) is 39.6 Å². The number of hydrogen-bond acceptors (Lipinski definition) is 15. The molecule has 17 nitrogen and oxygen atoms in total. The van der Waals surface area contributed by atoms with Crippen molar-refractivity contribution in [1.82, 2.24) is 0 Å². The molecule has 0 heterocycles. The fourth-order valence-corrected chi connectivity index (χ4v) is 14.1. The van der Waals surface area contributed by atoms with E-state index in [2.05, 4.69) is 48.5 Å². The topological polar surface area (TPSA) is 237 Å². The minimum absolute atomic E-state index is 0.104. The Balaban J connectivity index is 5.20. The molecule has 0 aromatic heterocycles. The maximum Gasteiger partial charge on any atom is 0.472 e. The molecule has 0 amide bonds. The zero-order chi connectivity index (χ0) is 73.7. The number of phosphoric ester groups is 2. The number of carbonyl (C=O) groups excluding carboxylic acids is 4. The summed E-state index contributed by atoms with van der Waals surface area (Å²) in [5.74, 6) is 0.106. The van der Waals surface area contributed by atoms with E-state index in [1.165, 1.54) is 225 Å². The Morgan fingerprint density at radius 1 is 0.270 bits per heavy atom. The molecule has 0 spiro atoms. The fourth-order valence-electron chi connectivity index (χ4n) is 12.5. The first-order valence-corrected chi connectivity index (χ1v) is 44.8. The smallest absolute Gasteiger partial charge is 0.462 e. The molecule has 0 bridgehead atoms. The zero-order valence-corrected chi connectivity index (χ0v) is 67.5. The minimum atomic E-state index is -4.96. The van der Waals surface area contributed by atoms with Gasteiger partial charge in [0, 0.05) is 25.7 Å². The molecular formula is C81H158O17P2. The molecule has 0 aliphatic heterocycles. The summed E-state index contributed by atoms with van der Waals surface area (Å²) in [5.41, 5.74) is 0. The Hall–Kier alpha value is -1.94. The Morgan fingerprint density at radius 3 is 0.680 bits per heavy atom. The zero-order valence-electron chi connectivity index (χ0n) is 65.7. The van der Waals surface area contributed by atoms with Gasteiger partial charge < -0.3 is 33.8 Å². The third kappa shape index (κ3) is 74.3. The van der Waals surface area contributed by atoms with E-state index in [9.17, 15) is 43.2 Å². The Bertz CT molecular complexity index is 1940. The van der Waals surface area contributed by atoms with Gasteiger partial charge in [0.1, 0.15) is 19.3 Å². The molecule has 0 aliphatic carbocycles. The molecule has 3 N–H and O–H groups in total. The molecule has 0 aromatic rings. The molecule has 0 saturated heterocycles. The summed E-state index contributed by atoms with van der Waals surface area (Å²) in [6, 6.07) is 0. The van der Waals surface area contributed by atoms with Crippen LogP contribution in [0.2, 0.25) is 0 Å². The predicted molar refractivity (Wildman–Crippen MR) is 409 cm³/mol. The summed E-state index contributed by atoms with van der Waals surface area (Å²) >= 11 is 0. The van der Waals surface area contributed by atoms with Gasteiger partial charge in [-0.25, -0.2) is 9.13 Å². The van der Waals surface area contributed by atoms with Crippen LogP contribution < -0.4 is 0 Å². The Morgan fingerprint density at radius 2 is 0.460 bits per heavy atom. The van der Waals surface area contributed by atoms with Crippen molar-refractivity contribution in [3.63, 3.8) is 0 Å². The maximum absolute atomic E-state index is 13.1. The van der Waals surface area contributed by atoms with E-state index in [1.54, 1.807) is 0 Å². The van der Waals surface area contributed by atoms with E-state index in [-0.39, 0.29) is 25.7 Å². The van der Waals surface area contributed by atoms with E-state index in [1.807, 2.05) is 0 Å². The summed E-state index contributed by atoms with van der Waals surface area (Å²) in [7, 11) is -9.92. The van der Waals surface area contributed by atoms with E-state index >= 15 is 0 Å². The van der Waals surface area contributed by atoms with Crippen LogP contribution in [0.25, 0.3) is 0 Å². The highest BCUT2D eigenvalue weighted by Crippen LogP contribution is 2.45. The summed E-state index contributed by atoms with van der Waals surface area (Å²) in [4.78, 5) is 72.9. The first kappa shape index (κ1) is 98.1. The number of carbonyl (C=O) groups is 4. The van der Waals surface area contributed by atoms with Gasteiger partial charge >= 0.3 is 39.5 Å². The molecule has 19 heteroatoms. The third-order valence-electron chi connectivity index (χ3n) is 18.9. The highest BCUT2D eigenvalue weighted by atomic mass is 31.2. The van der Waals surface area contributed by atoms with Crippen molar-refractivity contribution in [1.29, 1.82) is 0 Å². The van der Waals surface area contributed by atoms with Crippen molar-refractivity contribution in [2.45, 2.75) is 439 Å². The van der Waals surface area contributed by atoms with Crippen LogP contribution in [0.15, 0.2) is 0 Å². The number of hydrogen-bond donors (Lipinski definition) is 3. The largest absolute Gasteiger partial charge is 0.472 e. The number of aliphatic hydroxyl groups is 1. The first-order valence-electron chi connectivity index (χ1n) is 41.8. The molecule has 0 fully saturated rings. The Kier molecular flexibility index (Phi) is 69.9. The van der Waals surface area contributed by atoms with E-state index < -0.39 is 97.5 Å². The SMILES string of the molecule is CCCCCCCCCCCCCCCCCCCCCCCCC(=O)O[C@H](COC(=O)CCCCCCCCCCCCCCCCC(C)C)COP(=O)(O)OC[C@@H](O)COP(=O)(O)OC[C@@H](COC(=O)CCCCCCCCCC(C)C)OC(=O)CCCCCCCCCCC(C)C. The van der Waals surface area contributed by atoms with Crippen LogP contribution in [0.1, 0.15) is 421 Å². The van der Waals surface area contributed by atoms with Crippen molar-refractivity contribution in [2.24, 2.45) is 17.8 Å². The molecule has 2 unspecified atom stereocenters. The number of rotatable bonds is 79. The molecular weight excluding hydrogens is 1310 g/mol. The first-order chi connectivity index (χ1) is 48.2. The van der Waals surface area contributed by atoms with Crippen LogP contribution >= 0.6 is 15.6 Å². The molecule has 0 radical (unpaired) electrons. The standard InChI is InChI=1S/C81H158O17P2/c1-8-9-10-11-12-13-14-15-16-17-18-19-20-21-22-23-28-31-34-42-50-57-64-80(85)97-76(68-91-78(83)62-55-48-41-33-30-27-25-24-26-29-32-38-45-52-59-72(2)3)70-95-99(87,88)93-66-75(82)67-94-100(89,90)96-71-77(69-92-79(84)63-56-49-44-37-40-47-54-61-74(6)7)98-81(86)65-58-51-43-36-35-39-46-53-60-73(4)5/h72-77,82H,8-71H2,1-7H3,(H,87,88)(H,89,90)/t75-,76-,77-/m1/s1.